The molecule has 2 aromatic carbocycles. The van der Waals surface area contributed by atoms with Gasteiger partial charge in [0.05, 0.1) is 5.75 Å². The molecule has 0 aliphatic heterocycles. The highest BCUT2D eigenvalue weighted by molar-refractivity contribution is 7.99. The number of hydrogen-bond acceptors (Lipinski definition) is 5. The third-order valence-corrected chi connectivity index (χ3v) is 5.11. The molecule has 3 rings (SSSR count). The molecule has 1 N–H and O–H groups in total. The summed E-state index contributed by atoms with van der Waals surface area (Å²) in [4.78, 5) is 12.1. The molecule has 0 aliphatic rings. The maximum absolute atomic E-state index is 12.9. The zero-order valence-corrected chi connectivity index (χ0v) is 16.7. The van der Waals surface area contributed by atoms with E-state index >= 15 is 0 Å². The lowest BCUT2D eigenvalue weighted by Crippen LogP contribution is -2.14. The van der Waals surface area contributed by atoms with E-state index < -0.39 is 0 Å². The van der Waals surface area contributed by atoms with E-state index in [0.29, 0.717) is 16.7 Å². The van der Waals surface area contributed by atoms with Gasteiger partial charge in [-0.2, -0.15) is 0 Å². The molecule has 0 atom stereocenters. The summed E-state index contributed by atoms with van der Waals surface area (Å²) in [7, 11) is 1.84. The average Bonchev–Trinajstić information content (AvgIpc) is 3.02. The van der Waals surface area contributed by atoms with Gasteiger partial charge >= 0.3 is 0 Å². The zero-order chi connectivity index (χ0) is 20.1. The number of anilines is 1. The number of nitrogens with zero attached hydrogens (tertiary/aromatic N) is 3. The van der Waals surface area contributed by atoms with E-state index in [9.17, 15) is 9.18 Å². The lowest BCUT2D eigenvalue weighted by atomic mass is 10.1. The van der Waals surface area contributed by atoms with Crippen LogP contribution in [0.5, 0.6) is 5.75 Å². The van der Waals surface area contributed by atoms with Crippen LogP contribution in [0.2, 0.25) is 0 Å². The Morgan fingerprint density at radius 3 is 2.68 bits per heavy atom. The summed E-state index contributed by atoms with van der Waals surface area (Å²) in [5.74, 6) is 1.11. The molecule has 1 aromatic heterocycles. The number of benzene rings is 2. The molecule has 146 valence electrons. The first-order valence-corrected chi connectivity index (χ1v) is 9.67. The van der Waals surface area contributed by atoms with Gasteiger partial charge in [0.25, 0.3) is 0 Å². The number of nitrogens with one attached hydrogen (secondary N) is 1. The molecule has 0 saturated carbocycles. The standard InChI is InChI=1S/C20H21FN4O2S/c1-13-4-5-14(2)17(10-13)27-11-18-23-24-20(25(18)3)28-12-19(26)22-16-8-6-15(21)7-9-16/h4-10H,11-12H2,1-3H3,(H,22,26). The summed E-state index contributed by atoms with van der Waals surface area (Å²) in [5.41, 5.74) is 2.73. The van der Waals surface area contributed by atoms with Gasteiger partial charge in [0.2, 0.25) is 5.91 Å². The maximum Gasteiger partial charge on any atom is 0.234 e. The van der Waals surface area contributed by atoms with E-state index in [2.05, 4.69) is 15.5 Å². The molecule has 0 saturated heterocycles. The predicted molar refractivity (Wildman–Crippen MR) is 107 cm³/mol. The Labute approximate surface area is 167 Å². The fourth-order valence-corrected chi connectivity index (χ4v) is 3.19. The number of amides is 1. The van der Waals surface area contributed by atoms with Gasteiger partial charge < -0.3 is 14.6 Å². The van der Waals surface area contributed by atoms with Crippen molar-refractivity contribution < 1.29 is 13.9 Å². The molecule has 1 amide bonds. The number of halogens is 1. The normalized spacial score (nSPS) is 10.7. The molecule has 1 heterocycles. The molecular formula is C20H21FN4O2S. The topological polar surface area (TPSA) is 69.0 Å². The Morgan fingerprint density at radius 1 is 1.18 bits per heavy atom. The Morgan fingerprint density at radius 2 is 1.93 bits per heavy atom. The lowest BCUT2D eigenvalue weighted by molar-refractivity contribution is -0.113. The van der Waals surface area contributed by atoms with E-state index in [4.69, 9.17) is 4.74 Å². The number of rotatable bonds is 7. The van der Waals surface area contributed by atoms with Crippen molar-refractivity contribution in [2.24, 2.45) is 7.05 Å². The van der Waals surface area contributed by atoms with Crippen LogP contribution in [0.15, 0.2) is 47.6 Å². The van der Waals surface area contributed by atoms with Crippen LogP contribution in [-0.4, -0.2) is 26.4 Å². The second kappa shape index (κ2) is 8.88. The molecule has 0 spiro atoms. The smallest absolute Gasteiger partial charge is 0.234 e. The lowest BCUT2D eigenvalue weighted by Gasteiger charge is -2.10. The van der Waals surface area contributed by atoms with Crippen LogP contribution in [0.25, 0.3) is 0 Å². The van der Waals surface area contributed by atoms with E-state index in [1.165, 1.54) is 36.0 Å². The van der Waals surface area contributed by atoms with Crippen LogP contribution in [0, 0.1) is 19.7 Å². The highest BCUT2D eigenvalue weighted by Gasteiger charge is 2.13. The van der Waals surface area contributed by atoms with Crippen molar-refractivity contribution in [3.8, 4) is 5.75 Å². The van der Waals surface area contributed by atoms with Crippen molar-refractivity contribution in [2.45, 2.75) is 25.6 Å². The molecule has 0 bridgehead atoms. The third kappa shape index (κ3) is 5.10. The van der Waals surface area contributed by atoms with Crippen molar-refractivity contribution in [1.29, 1.82) is 0 Å². The second-order valence-electron chi connectivity index (χ2n) is 6.36. The van der Waals surface area contributed by atoms with E-state index in [1.807, 2.05) is 39.1 Å². The summed E-state index contributed by atoms with van der Waals surface area (Å²) in [6.07, 6.45) is 0. The summed E-state index contributed by atoms with van der Waals surface area (Å²) in [5, 5.41) is 11.6. The van der Waals surface area contributed by atoms with Gasteiger partial charge in [-0.1, -0.05) is 23.9 Å². The highest BCUT2D eigenvalue weighted by atomic mass is 32.2. The Bertz CT molecular complexity index is 973. The molecule has 3 aromatic rings. The van der Waals surface area contributed by atoms with Crippen molar-refractivity contribution >= 4 is 23.4 Å². The van der Waals surface area contributed by atoms with Gasteiger partial charge in [0.15, 0.2) is 11.0 Å². The molecule has 0 radical (unpaired) electrons. The van der Waals surface area contributed by atoms with Gasteiger partial charge in [-0.25, -0.2) is 4.39 Å². The van der Waals surface area contributed by atoms with Gasteiger partial charge in [0.1, 0.15) is 18.2 Å². The molecule has 0 fully saturated rings. The number of aryl methyl sites for hydroxylation is 2. The van der Waals surface area contributed by atoms with Crippen molar-refractivity contribution in [1.82, 2.24) is 14.8 Å². The summed E-state index contributed by atoms with van der Waals surface area (Å²) < 4.78 is 20.6. The first-order chi connectivity index (χ1) is 13.4. The Kier molecular flexibility index (Phi) is 6.30. The number of carbonyl (C=O) groups is 1. The van der Waals surface area contributed by atoms with E-state index in [1.54, 1.807) is 4.57 Å². The molecule has 0 aliphatic carbocycles. The molecule has 0 unspecified atom stereocenters. The average molecular weight is 400 g/mol. The number of aromatic nitrogens is 3. The summed E-state index contributed by atoms with van der Waals surface area (Å²) in [6.45, 7) is 4.29. The highest BCUT2D eigenvalue weighted by Crippen LogP contribution is 2.21. The molecule has 8 heteroatoms. The van der Waals surface area contributed by atoms with E-state index in [-0.39, 0.29) is 24.1 Å². The minimum atomic E-state index is -0.345. The van der Waals surface area contributed by atoms with E-state index in [0.717, 1.165) is 16.9 Å². The fraction of sp³-hybridized carbons (Fsp3) is 0.250. The maximum atomic E-state index is 12.9. The van der Waals surface area contributed by atoms with Crippen LogP contribution in [-0.2, 0) is 18.4 Å². The Hall–Kier alpha value is -2.87. The molecule has 6 nitrogen and oxygen atoms in total. The number of thioether (sulfide) groups is 1. The molecule has 28 heavy (non-hydrogen) atoms. The van der Waals surface area contributed by atoms with Crippen molar-refractivity contribution in [2.75, 3.05) is 11.1 Å². The zero-order valence-electron chi connectivity index (χ0n) is 15.9. The minimum Gasteiger partial charge on any atom is -0.485 e. The van der Waals surface area contributed by atoms with Gasteiger partial charge in [-0.3, -0.25) is 4.79 Å². The van der Waals surface area contributed by atoms with Crippen LogP contribution >= 0.6 is 11.8 Å². The van der Waals surface area contributed by atoms with Crippen LogP contribution in [0.1, 0.15) is 17.0 Å². The Balaban J connectivity index is 1.54. The second-order valence-corrected chi connectivity index (χ2v) is 7.30. The van der Waals surface area contributed by atoms with Gasteiger partial charge in [-0.05, 0) is 55.3 Å². The number of ether oxygens (including phenoxy) is 1. The van der Waals surface area contributed by atoms with Crippen molar-refractivity contribution in [3.05, 3.63) is 65.2 Å². The summed E-state index contributed by atoms with van der Waals surface area (Å²) >= 11 is 1.27. The number of hydrogen-bond donors (Lipinski definition) is 1. The van der Waals surface area contributed by atoms with Gasteiger partial charge in [-0.15, -0.1) is 10.2 Å². The van der Waals surface area contributed by atoms with Crippen LogP contribution < -0.4 is 10.1 Å². The predicted octanol–water partition coefficient (Wildman–Crippen LogP) is 3.88. The number of carbonyl (C=O) groups excluding carboxylic acids is 1. The first kappa shape index (κ1) is 19.9. The minimum absolute atomic E-state index is 0.168. The van der Waals surface area contributed by atoms with Gasteiger partial charge in [0, 0.05) is 12.7 Å². The third-order valence-electron chi connectivity index (χ3n) is 4.09. The van der Waals surface area contributed by atoms with Crippen molar-refractivity contribution in [3.63, 3.8) is 0 Å². The van der Waals surface area contributed by atoms with Crippen LogP contribution in [0.3, 0.4) is 0 Å². The first-order valence-electron chi connectivity index (χ1n) is 8.69. The monoisotopic (exact) mass is 400 g/mol. The SMILES string of the molecule is Cc1ccc(C)c(OCc2nnc(SCC(=O)Nc3ccc(F)cc3)n2C)c1. The largest absolute Gasteiger partial charge is 0.485 e. The summed E-state index contributed by atoms with van der Waals surface area (Å²) in [6, 6.07) is 11.7. The fourth-order valence-electron chi connectivity index (χ4n) is 2.46. The van der Waals surface area contributed by atoms with Crippen LogP contribution in [0.4, 0.5) is 10.1 Å². The quantitative estimate of drug-likeness (QED) is 0.610. The molecular weight excluding hydrogens is 379 g/mol.